The minimum atomic E-state index is -0.497. The first-order valence-corrected chi connectivity index (χ1v) is 6.75. The van der Waals surface area contributed by atoms with Crippen molar-refractivity contribution in [3.05, 3.63) is 56.6 Å². The van der Waals surface area contributed by atoms with Crippen LogP contribution in [-0.2, 0) is 0 Å². The molecule has 106 valence electrons. The summed E-state index contributed by atoms with van der Waals surface area (Å²) in [6.07, 6.45) is 0. The number of hydrogen-bond acceptors (Lipinski definition) is 3. The average Bonchev–Trinajstić information content (AvgIpc) is 2.82. The summed E-state index contributed by atoms with van der Waals surface area (Å²) < 4.78 is 0. The molecule has 0 unspecified atom stereocenters. The SMILES string of the molecule is Cc1cc2nc(-c3ccc(Cl)c([N+](=O)[O-])c3)[nH]c2cc1C. The number of aromatic amines is 1. The molecule has 0 fully saturated rings. The Balaban J connectivity index is 2.16. The number of fused-ring (bicyclic) bond motifs is 1. The van der Waals surface area contributed by atoms with Crippen molar-refractivity contribution in [3.8, 4) is 11.4 Å². The molecule has 0 saturated carbocycles. The number of benzene rings is 2. The van der Waals surface area contributed by atoms with E-state index in [1.54, 1.807) is 6.07 Å². The second-order valence-corrected chi connectivity index (χ2v) is 5.37. The van der Waals surface area contributed by atoms with E-state index in [1.807, 2.05) is 26.0 Å². The number of H-pyrrole nitrogens is 1. The van der Waals surface area contributed by atoms with Crippen molar-refractivity contribution in [2.75, 3.05) is 0 Å². The third-order valence-corrected chi connectivity index (χ3v) is 3.83. The lowest BCUT2D eigenvalue weighted by Crippen LogP contribution is -1.90. The Morgan fingerprint density at radius 1 is 1.19 bits per heavy atom. The van der Waals surface area contributed by atoms with Crippen LogP contribution >= 0.6 is 11.6 Å². The smallest absolute Gasteiger partial charge is 0.288 e. The van der Waals surface area contributed by atoms with Gasteiger partial charge < -0.3 is 4.98 Å². The summed E-state index contributed by atoms with van der Waals surface area (Å²) in [5, 5.41) is 11.1. The van der Waals surface area contributed by atoms with Gasteiger partial charge in [0, 0.05) is 11.6 Å². The minimum Gasteiger partial charge on any atom is -0.338 e. The number of imidazole rings is 1. The maximum Gasteiger partial charge on any atom is 0.288 e. The molecule has 6 heteroatoms. The normalized spacial score (nSPS) is 11.0. The maximum absolute atomic E-state index is 11.0. The highest BCUT2D eigenvalue weighted by Gasteiger charge is 2.15. The molecule has 1 aromatic heterocycles. The molecule has 3 aromatic rings. The third-order valence-electron chi connectivity index (χ3n) is 3.51. The molecule has 0 atom stereocenters. The molecular formula is C15H12ClN3O2. The quantitative estimate of drug-likeness (QED) is 0.563. The number of aromatic nitrogens is 2. The van der Waals surface area contributed by atoms with Crippen molar-refractivity contribution in [1.82, 2.24) is 9.97 Å². The van der Waals surface area contributed by atoms with Crippen molar-refractivity contribution in [2.45, 2.75) is 13.8 Å². The van der Waals surface area contributed by atoms with E-state index in [2.05, 4.69) is 9.97 Å². The second-order valence-electron chi connectivity index (χ2n) is 4.96. The number of halogens is 1. The Hall–Kier alpha value is -2.40. The molecule has 0 bridgehead atoms. The van der Waals surface area contributed by atoms with Crippen LogP contribution in [0.3, 0.4) is 0 Å². The summed E-state index contributed by atoms with van der Waals surface area (Å²) in [7, 11) is 0. The number of nitrogens with one attached hydrogen (secondary N) is 1. The van der Waals surface area contributed by atoms with Crippen LogP contribution in [0.25, 0.3) is 22.4 Å². The zero-order valence-corrected chi connectivity index (χ0v) is 12.2. The molecule has 1 N–H and O–H groups in total. The molecule has 0 aliphatic carbocycles. The summed E-state index contributed by atoms with van der Waals surface area (Å²) in [5.41, 5.74) is 4.58. The molecule has 0 aliphatic heterocycles. The number of nitrogens with zero attached hydrogens (tertiary/aromatic N) is 2. The molecule has 0 radical (unpaired) electrons. The topological polar surface area (TPSA) is 71.8 Å². The number of nitro benzene ring substituents is 1. The average molecular weight is 302 g/mol. The van der Waals surface area contributed by atoms with Crippen LogP contribution < -0.4 is 0 Å². The largest absolute Gasteiger partial charge is 0.338 e. The zero-order chi connectivity index (χ0) is 15.1. The van der Waals surface area contributed by atoms with Crippen LogP contribution in [-0.4, -0.2) is 14.9 Å². The summed E-state index contributed by atoms with van der Waals surface area (Å²) in [4.78, 5) is 18.1. The third kappa shape index (κ3) is 2.36. The van der Waals surface area contributed by atoms with Gasteiger partial charge in [-0.15, -0.1) is 0 Å². The number of rotatable bonds is 2. The highest BCUT2D eigenvalue weighted by atomic mass is 35.5. The zero-order valence-electron chi connectivity index (χ0n) is 11.5. The molecule has 0 saturated heterocycles. The van der Waals surface area contributed by atoms with Gasteiger partial charge in [0.25, 0.3) is 5.69 Å². The van der Waals surface area contributed by atoms with Crippen LogP contribution in [0, 0.1) is 24.0 Å². The van der Waals surface area contributed by atoms with Crippen LogP contribution in [0.15, 0.2) is 30.3 Å². The highest BCUT2D eigenvalue weighted by Crippen LogP contribution is 2.30. The van der Waals surface area contributed by atoms with Crippen molar-refractivity contribution in [2.24, 2.45) is 0 Å². The predicted molar refractivity (Wildman–Crippen MR) is 82.7 cm³/mol. The Bertz CT molecular complexity index is 832. The molecule has 0 aliphatic rings. The second kappa shape index (κ2) is 4.86. The first-order chi connectivity index (χ1) is 9.95. The van der Waals surface area contributed by atoms with Crippen molar-refractivity contribution in [1.29, 1.82) is 0 Å². The first-order valence-electron chi connectivity index (χ1n) is 6.37. The highest BCUT2D eigenvalue weighted by molar-refractivity contribution is 6.32. The van der Waals surface area contributed by atoms with Gasteiger partial charge in [-0.05, 0) is 49.2 Å². The van der Waals surface area contributed by atoms with Crippen LogP contribution in [0.4, 0.5) is 5.69 Å². The van der Waals surface area contributed by atoms with Gasteiger partial charge in [-0.1, -0.05) is 11.6 Å². The Morgan fingerprint density at radius 3 is 2.62 bits per heavy atom. The monoisotopic (exact) mass is 301 g/mol. The minimum absolute atomic E-state index is 0.117. The lowest BCUT2D eigenvalue weighted by atomic mass is 10.1. The number of aryl methyl sites for hydroxylation is 2. The van der Waals surface area contributed by atoms with Gasteiger partial charge in [0.1, 0.15) is 10.8 Å². The Morgan fingerprint density at radius 2 is 1.90 bits per heavy atom. The molecule has 5 nitrogen and oxygen atoms in total. The van der Waals surface area contributed by atoms with Gasteiger partial charge in [-0.25, -0.2) is 4.98 Å². The van der Waals surface area contributed by atoms with E-state index in [-0.39, 0.29) is 10.7 Å². The Kier molecular flexibility index (Phi) is 3.14. The van der Waals surface area contributed by atoms with Gasteiger partial charge in [0.2, 0.25) is 0 Å². The lowest BCUT2D eigenvalue weighted by molar-refractivity contribution is -0.384. The number of hydrogen-bond donors (Lipinski definition) is 1. The van der Waals surface area contributed by atoms with E-state index >= 15 is 0 Å². The standard InChI is InChI=1S/C15H12ClN3O2/c1-8-5-12-13(6-9(8)2)18-15(17-12)10-3-4-11(16)14(7-10)19(20)21/h3-7H,1-2H3,(H,17,18). The summed E-state index contributed by atoms with van der Waals surface area (Å²) in [5.74, 6) is 0.592. The molecule has 0 spiro atoms. The van der Waals surface area contributed by atoms with E-state index in [1.165, 1.54) is 17.7 Å². The van der Waals surface area contributed by atoms with Gasteiger partial charge in [0.05, 0.1) is 16.0 Å². The van der Waals surface area contributed by atoms with E-state index in [0.29, 0.717) is 11.4 Å². The van der Waals surface area contributed by atoms with E-state index < -0.39 is 4.92 Å². The van der Waals surface area contributed by atoms with Crippen LogP contribution in [0.5, 0.6) is 0 Å². The van der Waals surface area contributed by atoms with Crippen LogP contribution in [0.1, 0.15) is 11.1 Å². The van der Waals surface area contributed by atoms with Gasteiger partial charge in [-0.3, -0.25) is 10.1 Å². The molecule has 1 heterocycles. The first kappa shape index (κ1) is 13.6. The fraction of sp³-hybridized carbons (Fsp3) is 0.133. The summed E-state index contributed by atoms with van der Waals surface area (Å²) in [6, 6.07) is 8.67. The molecular weight excluding hydrogens is 290 g/mol. The molecule has 21 heavy (non-hydrogen) atoms. The van der Waals surface area contributed by atoms with Gasteiger partial charge in [0.15, 0.2) is 0 Å². The van der Waals surface area contributed by atoms with Gasteiger partial charge in [-0.2, -0.15) is 0 Å². The fourth-order valence-electron chi connectivity index (χ4n) is 2.21. The fourth-order valence-corrected chi connectivity index (χ4v) is 2.39. The van der Waals surface area contributed by atoms with E-state index in [0.717, 1.165) is 16.6 Å². The van der Waals surface area contributed by atoms with E-state index in [9.17, 15) is 10.1 Å². The molecule has 0 amide bonds. The molecule has 3 rings (SSSR count). The maximum atomic E-state index is 11.0. The van der Waals surface area contributed by atoms with Crippen molar-refractivity contribution >= 4 is 28.3 Å². The summed E-state index contributed by atoms with van der Waals surface area (Å²) in [6.45, 7) is 4.05. The van der Waals surface area contributed by atoms with Crippen LogP contribution in [0.2, 0.25) is 5.02 Å². The Labute approximate surface area is 125 Å². The summed E-state index contributed by atoms with van der Waals surface area (Å²) >= 11 is 5.83. The lowest BCUT2D eigenvalue weighted by Gasteiger charge is -1.98. The molecule has 2 aromatic carbocycles. The van der Waals surface area contributed by atoms with E-state index in [4.69, 9.17) is 11.6 Å². The van der Waals surface area contributed by atoms with Crippen molar-refractivity contribution < 1.29 is 4.92 Å². The number of nitro groups is 1. The predicted octanol–water partition coefficient (Wildman–Crippen LogP) is 4.41. The van der Waals surface area contributed by atoms with Gasteiger partial charge >= 0.3 is 0 Å². The van der Waals surface area contributed by atoms with Crippen molar-refractivity contribution in [3.63, 3.8) is 0 Å².